The summed E-state index contributed by atoms with van der Waals surface area (Å²) in [6.45, 7) is 6.07. The van der Waals surface area contributed by atoms with E-state index >= 15 is 0 Å². The minimum absolute atomic E-state index is 0.163. The van der Waals surface area contributed by atoms with Gasteiger partial charge in [0, 0.05) is 32.0 Å². The van der Waals surface area contributed by atoms with Crippen LogP contribution in [0.15, 0.2) is 36.7 Å². The number of benzene rings is 1. The molecule has 7 nitrogen and oxygen atoms in total. The maximum atomic E-state index is 12.2. The standard InChI is InChI=1S/C19H24N4O3/c1-2-26-17-5-3-15(4-6-17)7-8-20-18(24)16-13-21-19(22-14-16)23-9-11-25-12-10-23/h3-6,13-14H,2,7-12H2,1H3,(H,20,24). The summed E-state index contributed by atoms with van der Waals surface area (Å²) in [4.78, 5) is 22.9. The van der Waals surface area contributed by atoms with Gasteiger partial charge in [-0.15, -0.1) is 0 Å². The molecule has 0 aliphatic carbocycles. The van der Waals surface area contributed by atoms with Crippen LogP contribution in [0.25, 0.3) is 0 Å². The average molecular weight is 356 g/mol. The number of nitrogens with zero attached hydrogens (tertiary/aromatic N) is 3. The molecular weight excluding hydrogens is 332 g/mol. The number of ether oxygens (including phenoxy) is 2. The highest BCUT2D eigenvalue weighted by Gasteiger charge is 2.14. The molecule has 26 heavy (non-hydrogen) atoms. The van der Waals surface area contributed by atoms with Gasteiger partial charge in [0.1, 0.15) is 5.75 Å². The summed E-state index contributed by atoms with van der Waals surface area (Å²) in [6, 6.07) is 7.91. The molecule has 2 aromatic rings. The molecule has 0 saturated carbocycles. The second-order valence-electron chi connectivity index (χ2n) is 5.95. The summed E-state index contributed by atoms with van der Waals surface area (Å²) in [5.41, 5.74) is 1.61. The third-order valence-electron chi connectivity index (χ3n) is 4.13. The summed E-state index contributed by atoms with van der Waals surface area (Å²) in [5.74, 6) is 1.33. The van der Waals surface area contributed by atoms with E-state index in [9.17, 15) is 4.79 Å². The SMILES string of the molecule is CCOc1ccc(CCNC(=O)c2cnc(N3CCOCC3)nc2)cc1. The van der Waals surface area contributed by atoms with Gasteiger partial charge in [-0.2, -0.15) is 0 Å². The molecule has 1 N–H and O–H groups in total. The summed E-state index contributed by atoms with van der Waals surface area (Å²) >= 11 is 0. The van der Waals surface area contributed by atoms with Gasteiger partial charge in [0.2, 0.25) is 5.95 Å². The van der Waals surface area contributed by atoms with Gasteiger partial charge in [0.05, 0.1) is 25.4 Å². The highest BCUT2D eigenvalue weighted by atomic mass is 16.5. The van der Waals surface area contributed by atoms with Crippen molar-refractivity contribution >= 4 is 11.9 Å². The number of hydrogen-bond donors (Lipinski definition) is 1. The molecule has 1 aliphatic rings. The Bertz CT molecular complexity index is 698. The largest absolute Gasteiger partial charge is 0.494 e. The number of carbonyl (C=O) groups is 1. The number of aromatic nitrogens is 2. The lowest BCUT2D eigenvalue weighted by Crippen LogP contribution is -2.37. The van der Waals surface area contributed by atoms with Crippen molar-refractivity contribution in [3.63, 3.8) is 0 Å². The Hall–Kier alpha value is -2.67. The molecule has 138 valence electrons. The zero-order chi connectivity index (χ0) is 18.2. The summed E-state index contributed by atoms with van der Waals surface area (Å²) < 4.78 is 10.7. The summed E-state index contributed by atoms with van der Waals surface area (Å²) in [6.07, 6.45) is 3.90. The van der Waals surface area contributed by atoms with Crippen molar-refractivity contribution in [2.24, 2.45) is 0 Å². The zero-order valence-electron chi connectivity index (χ0n) is 15.0. The minimum atomic E-state index is -0.163. The van der Waals surface area contributed by atoms with Gasteiger partial charge in [-0.05, 0) is 31.0 Å². The van der Waals surface area contributed by atoms with Crippen LogP contribution < -0.4 is 15.0 Å². The van der Waals surface area contributed by atoms with E-state index in [1.807, 2.05) is 31.2 Å². The lowest BCUT2D eigenvalue weighted by atomic mass is 10.1. The maximum Gasteiger partial charge on any atom is 0.254 e. The lowest BCUT2D eigenvalue weighted by Gasteiger charge is -2.26. The van der Waals surface area contributed by atoms with Crippen molar-refractivity contribution in [1.29, 1.82) is 0 Å². The Labute approximate surface area is 153 Å². The van der Waals surface area contributed by atoms with Crippen molar-refractivity contribution in [3.05, 3.63) is 47.8 Å². The number of anilines is 1. The van der Waals surface area contributed by atoms with Crippen molar-refractivity contribution < 1.29 is 14.3 Å². The number of morpholine rings is 1. The average Bonchev–Trinajstić information content (AvgIpc) is 2.70. The molecule has 3 rings (SSSR count). The van der Waals surface area contributed by atoms with Gasteiger partial charge in [-0.25, -0.2) is 9.97 Å². The fourth-order valence-electron chi connectivity index (χ4n) is 2.71. The monoisotopic (exact) mass is 356 g/mol. The Morgan fingerprint density at radius 2 is 1.88 bits per heavy atom. The molecule has 1 aromatic carbocycles. The molecule has 0 spiro atoms. The Kier molecular flexibility index (Phi) is 6.38. The van der Waals surface area contributed by atoms with Gasteiger partial charge in [0.15, 0.2) is 0 Å². The van der Waals surface area contributed by atoms with Gasteiger partial charge < -0.3 is 19.7 Å². The second kappa shape index (κ2) is 9.15. The van der Waals surface area contributed by atoms with Crippen LogP contribution in [0.2, 0.25) is 0 Å². The van der Waals surface area contributed by atoms with Gasteiger partial charge in [-0.3, -0.25) is 4.79 Å². The molecule has 7 heteroatoms. The van der Waals surface area contributed by atoms with Crippen molar-refractivity contribution in [2.45, 2.75) is 13.3 Å². The minimum Gasteiger partial charge on any atom is -0.494 e. The van der Waals surface area contributed by atoms with Crippen LogP contribution >= 0.6 is 0 Å². The van der Waals surface area contributed by atoms with Crippen LogP contribution in [-0.4, -0.2) is 55.3 Å². The molecule has 2 heterocycles. The van der Waals surface area contributed by atoms with Crippen LogP contribution in [0.4, 0.5) is 5.95 Å². The molecule has 0 unspecified atom stereocenters. The van der Waals surface area contributed by atoms with Gasteiger partial charge in [0.25, 0.3) is 5.91 Å². The molecule has 0 atom stereocenters. The summed E-state index contributed by atoms with van der Waals surface area (Å²) in [5, 5.41) is 2.90. The van der Waals surface area contributed by atoms with Crippen molar-refractivity contribution in [1.82, 2.24) is 15.3 Å². The third kappa shape index (κ3) is 4.92. The van der Waals surface area contributed by atoms with E-state index in [1.165, 1.54) is 0 Å². The number of amides is 1. The van der Waals surface area contributed by atoms with Crippen LogP contribution in [-0.2, 0) is 11.2 Å². The van der Waals surface area contributed by atoms with E-state index in [0.29, 0.717) is 37.9 Å². The molecule has 1 aliphatic heterocycles. The van der Waals surface area contributed by atoms with Crippen LogP contribution in [0.5, 0.6) is 5.75 Å². The fourth-order valence-corrected chi connectivity index (χ4v) is 2.71. The van der Waals surface area contributed by atoms with Crippen LogP contribution in [0.1, 0.15) is 22.8 Å². The van der Waals surface area contributed by atoms with E-state index in [-0.39, 0.29) is 5.91 Å². The molecule has 1 fully saturated rings. The Morgan fingerprint density at radius 1 is 1.19 bits per heavy atom. The predicted molar refractivity (Wildman–Crippen MR) is 98.7 cm³/mol. The molecule has 1 saturated heterocycles. The highest BCUT2D eigenvalue weighted by Crippen LogP contribution is 2.12. The van der Waals surface area contributed by atoms with Crippen LogP contribution in [0.3, 0.4) is 0 Å². The highest BCUT2D eigenvalue weighted by molar-refractivity contribution is 5.93. The molecule has 0 radical (unpaired) electrons. The first-order valence-corrected chi connectivity index (χ1v) is 8.91. The summed E-state index contributed by atoms with van der Waals surface area (Å²) in [7, 11) is 0. The van der Waals surface area contributed by atoms with E-state index in [4.69, 9.17) is 9.47 Å². The molecule has 1 aromatic heterocycles. The maximum absolute atomic E-state index is 12.2. The number of rotatable bonds is 7. The smallest absolute Gasteiger partial charge is 0.254 e. The van der Waals surface area contributed by atoms with Crippen LogP contribution in [0, 0.1) is 0 Å². The van der Waals surface area contributed by atoms with Gasteiger partial charge in [-0.1, -0.05) is 12.1 Å². The lowest BCUT2D eigenvalue weighted by molar-refractivity contribution is 0.0953. The van der Waals surface area contributed by atoms with E-state index < -0.39 is 0 Å². The zero-order valence-corrected chi connectivity index (χ0v) is 15.0. The third-order valence-corrected chi connectivity index (χ3v) is 4.13. The second-order valence-corrected chi connectivity index (χ2v) is 5.95. The Morgan fingerprint density at radius 3 is 2.54 bits per heavy atom. The van der Waals surface area contributed by atoms with Crippen molar-refractivity contribution in [2.75, 3.05) is 44.4 Å². The normalized spacial score (nSPS) is 14.1. The quantitative estimate of drug-likeness (QED) is 0.813. The molecular formula is C19H24N4O3. The molecule has 1 amide bonds. The first-order chi connectivity index (χ1) is 12.8. The predicted octanol–water partition coefficient (Wildman–Crippen LogP) is 1.68. The molecule has 0 bridgehead atoms. The van der Waals surface area contributed by atoms with E-state index in [0.717, 1.165) is 30.8 Å². The number of hydrogen-bond acceptors (Lipinski definition) is 6. The number of nitrogens with one attached hydrogen (secondary N) is 1. The first kappa shape index (κ1) is 18.1. The fraction of sp³-hybridized carbons (Fsp3) is 0.421. The number of carbonyl (C=O) groups excluding carboxylic acids is 1. The first-order valence-electron chi connectivity index (χ1n) is 8.91. The van der Waals surface area contributed by atoms with E-state index in [1.54, 1.807) is 12.4 Å². The Balaban J connectivity index is 1.47. The van der Waals surface area contributed by atoms with E-state index in [2.05, 4.69) is 20.2 Å². The van der Waals surface area contributed by atoms with Gasteiger partial charge >= 0.3 is 0 Å². The van der Waals surface area contributed by atoms with Crippen molar-refractivity contribution in [3.8, 4) is 5.75 Å². The topological polar surface area (TPSA) is 76.6 Å².